The molecule has 44 heavy (non-hydrogen) atoms. The van der Waals surface area contributed by atoms with E-state index in [4.69, 9.17) is 4.98 Å². The minimum absolute atomic E-state index is 0.110. The first-order valence-corrected chi connectivity index (χ1v) is 15.1. The molecule has 0 spiro atoms. The van der Waals surface area contributed by atoms with Gasteiger partial charge in [-0.1, -0.05) is 116 Å². The molecule has 0 aliphatic heterocycles. The van der Waals surface area contributed by atoms with Crippen LogP contribution in [-0.2, 0) is 12.0 Å². The third-order valence-electron chi connectivity index (χ3n) is 8.52. The summed E-state index contributed by atoms with van der Waals surface area (Å²) in [4.78, 5) is 16.9. The topological polar surface area (TPSA) is 67.2 Å². The van der Waals surface area contributed by atoms with E-state index in [0.29, 0.717) is 12.0 Å². The fourth-order valence-corrected chi connectivity index (χ4v) is 6.35. The van der Waals surface area contributed by atoms with E-state index in [-0.39, 0.29) is 11.8 Å². The van der Waals surface area contributed by atoms with Crippen molar-refractivity contribution in [2.75, 3.05) is 7.05 Å². The predicted octanol–water partition coefficient (Wildman–Crippen LogP) is 7.54. The second-order valence-corrected chi connectivity index (χ2v) is 11.5. The number of carbonyl (C=O) groups is 1. The molecular weight excluding hydrogens is 542 g/mol. The lowest BCUT2D eigenvalue weighted by molar-refractivity contribution is 0.0963. The number of fused-ring (bicyclic) bond motifs is 1. The van der Waals surface area contributed by atoms with Crippen molar-refractivity contribution in [3.63, 3.8) is 0 Å². The summed E-state index contributed by atoms with van der Waals surface area (Å²) in [6.07, 6.45) is 4.85. The van der Waals surface area contributed by atoms with Gasteiger partial charge in [0.2, 0.25) is 0 Å². The lowest BCUT2D eigenvalue weighted by Gasteiger charge is -2.37. The molecule has 5 aromatic carbocycles. The van der Waals surface area contributed by atoms with E-state index in [1.807, 2.05) is 60.9 Å². The third kappa shape index (κ3) is 5.67. The molecule has 0 saturated heterocycles. The van der Waals surface area contributed by atoms with Crippen molar-refractivity contribution >= 4 is 16.7 Å². The van der Waals surface area contributed by atoms with Gasteiger partial charge in [-0.2, -0.15) is 0 Å². The van der Waals surface area contributed by atoms with Crippen LogP contribution in [0.25, 0.3) is 10.8 Å². The number of benzene rings is 5. The number of imidazole rings is 1. The Bertz CT molecular complexity index is 1750. The van der Waals surface area contributed by atoms with Crippen LogP contribution < -0.4 is 5.32 Å². The number of aliphatic hydroxyl groups excluding tert-OH is 1. The molecule has 0 aliphatic rings. The molecule has 0 radical (unpaired) electrons. The van der Waals surface area contributed by atoms with Crippen LogP contribution in [0, 0.1) is 5.92 Å². The Morgan fingerprint density at radius 2 is 1.34 bits per heavy atom. The van der Waals surface area contributed by atoms with Crippen molar-refractivity contribution in [2.24, 2.45) is 5.92 Å². The molecule has 0 aliphatic carbocycles. The zero-order valence-electron chi connectivity index (χ0n) is 25.1. The molecule has 220 valence electrons. The van der Waals surface area contributed by atoms with Gasteiger partial charge in [-0.25, -0.2) is 4.98 Å². The van der Waals surface area contributed by atoms with Crippen molar-refractivity contribution in [1.82, 2.24) is 14.9 Å². The van der Waals surface area contributed by atoms with Gasteiger partial charge in [0.1, 0.15) is 5.54 Å². The molecule has 0 fully saturated rings. The molecule has 5 heteroatoms. The van der Waals surface area contributed by atoms with E-state index in [9.17, 15) is 9.90 Å². The SMILES string of the molecule is CNC(=O)c1ccc2cc(C(O)CC(C)Cc3cn(C(c4ccccc4)(c4ccccc4)c4ccccc4)cn3)ccc2c1. The Labute approximate surface area is 258 Å². The van der Waals surface area contributed by atoms with Crippen LogP contribution in [0.2, 0.25) is 0 Å². The summed E-state index contributed by atoms with van der Waals surface area (Å²) in [5.74, 6) is 0.0834. The van der Waals surface area contributed by atoms with Crippen LogP contribution in [0.4, 0.5) is 0 Å². The van der Waals surface area contributed by atoms with Crippen LogP contribution in [0.5, 0.6) is 0 Å². The molecule has 0 saturated carbocycles. The summed E-state index contributed by atoms with van der Waals surface area (Å²) >= 11 is 0. The molecular formula is C39H37N3O2. The average Bonchev–Trinajstić information content (AvgIpc) is 3.53. The summed E-state index contributed by atoms with van der Waals surface area (Å²) in [6.45, 7) is 2.16. The molecule has 2 N–H and O–H groups in total. The first kappa shape index (κ1) is 29.1. The van der Waals surface area contributed by atoms with Gasteiger partial charge < -0.3 is 15.0 Å². The van der Waals surface area contributed by atoms with Crippen LogP contribution >= 0.6 is 0 Å². The number of nitrogens with zero attached hydrogens (tertiary/aromatic N) is 2. The Kier molecular flexibility index (Phi) is 8.40. The van der Waals surface area contributed by atoms with Crippen molar-refractivity contribution < 1.29 is 9.90 Å². The summed E-state index contributed by atoms with van der Waals surface area (Å²) in [7, 11) is 1.63. The second kappa shape index (κ2) is 12.7. The number of nitrogens with one attached hydrogen (secondary N) is 1. The maximum Gasteiger partial charge on any atom is 0.251 e. The fraction of sp³-hybridized carbons (Fsp3) is 0.179. The van der Waals surface area contributed by atoms with Gasteiger partial charge in [-0.05, 0) is 70.0 Å². The molecule has 2 unspecified atom stereocenters. The number of aliphatic hydroxyl groups is 1. The molecule has 2 atom stereocenters. The molecule has 0 bridgehead atoms. The van der Waals surface area contributed by atoms with Gasteiger partial charge in [-0.3, -0.25) is 4.79 Å². The molecule has 1 amide bonds. The predicted molar refractivity (Wildman–Crippen MR) is 177 cm³/mol. The number of amides is 1. The van der Waals surface area contributed by atoms with Crippen LogP contribution in [0.1, 0.15) is 57.8 Å². The Balaban J connectivity index is 1.27. The zero-order valence-corrected chi connectivity index (χ0v) is 25.1. The summed E-state index contributed by atoms with van der Waals surface area (Å²) in [5.41, 5.74) is 5.35. The monoisotopic (exact) mass is 579 g/mol. The van der Waals surface area contributed by atoms with Crippen molar-refractivity contribution in [1.29, 1.82) is 0 Å². The highest BCUT2D eigenvalue weighted by atomic mass is 16.3. The Hall–Kier alpha value is -5.00. The fourth-order valence-electron chi connectivity index (χ4n) is 6.35. The van der Waals surface area contributed by atoms with Gasteiger partial charge in [0, 0.05) is 18.8 Å². The highest BCUT2D eigenvalue weighted by molar-refractivity contribution is 5.98. The van der Waals surface area contributed by atoms with E-state index in [2.05, 4.69) is 95.8 Å². The molecule has 6 rings (SSSR count). The van der Waals surface area contributed by atoms with Gasteiger partial charge in [0.05, 0.1) is 18.1 Å². The number of aromatic nitrogens is 2. The largest absolute Gasteiger partial charge is 0.388 e. The van der Waals surface area contributed by atoms with Crippen molar-refractivity contribution in [3.05, 3.63) is 173 Å². The first-order valence-electron chi connectivity index (χ1n) is 15.1. The smallest absolute Gasteiger partial charge is 0.251 e. The van der Waals surface area contributed by atoms with Crippen molar-refractivity contribution in [2.45, 2.75) is 31.4 Å². The highest BCUT2D eigenvalue weighted by Crippen LogP contribution is 2.41. The Morgan fingerprint density at radius 3 is 1.91 bits per heavy atom. The summed E-state index contributed by atoms with van der Waals surface area (Å²) in [6, 6.07) is 43.3. The second-order valence-electron chi connectivity index (χ2n) is 11.5. The standard InChI is InChI=1S/C39H37N3O2/c1-28(23-37(43)31-20-18-30-25-32(38(44)40-2)21-19-29(30)24-31)22-36-26-42(27-41-36)39(33-12-6-3-7-13-33,34-14-8-4-9-15-34)35-16-10-5-11-17-35/h3-21,24-28,37,43H,22-23H2,1-2H3,(H,40,44). The quantitative estimate of drug-likeness (QED) is 0.165. The van der Waals surface area contributed by atoms with Crippen molar-refractivity contribution in [3.8, 4) is 0 Å². The number of carbonyl (C=O) groups excluding carboxylic acids is 1. The van der Waals surface area contributed by atoms with Crippen LogP contribution in [-0.4, -0.2) is 27.6 Å². The lowest BCUT2D eigenvalue weighted by Crippen LogP contribution is -2.36. The average molecular weight is 580 g/mol. The number of hydrogen-bond donors (Lipinski definition) is 2. The summed E-state index contributed by atoms with van der Waals surface area (Å²) < 4.78 is 2.24. The van der Waals surface area contributed by atoms with E-state index >= 15 is 0 Å². The zero-order chi connectivity index (χ0) is 30.5. The number of rotatable bonds is 10. The van der Waals surface area contributed by atoms with Gasteiger partial charge >= 0.3 is 0 Å². The van der Waals surface area contributed by atoms with Crippen LogP contribution in [0.15, 0.2) is 140 Å². The minimum atomic E-state index is -0.604. The molecule has 5 nitrogen and oxygen atoms in total. The highest BCUT2D eigenvalue weighted by Gasteiger charge is 2.38. The van der Waals surface area contributed by atoms with Gasteiger partial charge in [0.25, 0.3) is 5.91 Å². The van der Waals surface area contributed by atoms with Gasteiger partial charge in [-0.15, -0.1) is 0 Å². The number of hydrogen-bond acceptors (Lipinski definition) is 3. The van der Waals surface area contributed by atoms with Gasteiger partial charge in [0.15, 0.2) is 0 Å². The lowest BCUT2D eigenvalue weighted by atomic mass is 9.77. The molecule has 6 aromatic rings. The minimum Gasteiger partial charge on any atom is -0.388 e. The summed E-state index contributed by atoms with van der Waals surface area (Å²) in [5, 5.41) is 15.8. The maximum absolute atomic E-state index is 12.0. The van der Waals surface area contributed by atoms with E-state index in [1.54, 1.807) is 7.05 Å². The maximum atomic E-state index is 12.0. The van der Waals surface area contributed by atoms with E-state index in [0.717, 1.165) is 45.1 Å². The molecule has 1 aromatic heterocycles. The molecule has 1 heterocycles. The van der Waals surface area contributed by atoms with E-state index in [1.165, 1.54) is 0 Å². The van der Waals surface area contributed by atoms with Crippen LogP contribution in [0.3, 0.4) is 0 Å². The van der Waals surface area contributed by atoms with E-state index < -0.39 is 11.6 Å². The normalized spacial score (nSPS) is 13.0. The first-order chi connectivity index (χ1) is 21.5. The Morgan fingerprint density at radius 1 is 0.795 bits per heavy atom. The third-order valence-corrected chi connectivity index (χ3v) is 8.52.